The Bertz CT molecular complexity index is 1170. The van der Waals surface area contributed by atoms with Gasteiger partial charge in [0, 0.05) is 44.7 Å². The van der Waals surface area contributed by atoms with E-state index in [4.69, 9.17) is 4.42 Å². The number of Topliss-reactive ketones (excluding diaryl/α,β-unsaturated/α-hetero) is 1. The lowest BCUT2D eigenvalue weighted by molar-refractivity contribution is 0.0896. The van der Waals surface area contributed by atoms with Crippen molar-refractivity contribution in [2.24, 2.45) is 5.41 Å². The van der Waals surface area contributed by atoms with Crippen molar-refractivity contribution in [3.63, 3.8) is 0 Å². The molecule has 0 fully saturated rings. The summed E-state index contributed by atoms with van der Waals surface area (Å²) in [5.74, 6) is 0.397. The summed E-state index contributed by atoms with van der Waals surface area (Å²) >= 11 is 0. The minimum absolute atomic E-state index is 0.00253. The zero-order valence-electron chi connectivity index (χ0n) is 17.9. The highest BCUT2D eigenvalue weighted by Crippen LogP contribution is 2.40. The van der Waals surface area contributed by atoms with Crippen LogP contribution in [-0.2, 0) is 22.9 Å². The maximum absolute atomic E-state index is 13.4. The van der Waals surface area contributed by atoms with Gasteiger partial charge in [-0.05, 0) is 36.5 Å². The van der Waals surface area contributed by atoms with Gasteiger partial charge in [0.1, 0.15) is 5.76 Å². The fourth-order valence-corrected chi connectivity index (χ4v) is 5.27. The number of furan rings is 1. The van der Waals surface area contributed by atoms with Gasteiger partial charge in [0.05, 0.1) is 10.5 Å². The van der Waals surface area contributed by atoms with E-state index in [9.17, 15) is 18.0 Å². The Labute approximate surface area is 176 Å². The number of carbonyl (C=O) groups is 2. The predicted molar refractivity (Wildman–Crippen MR) is 113 cm³/mol. The van der Waals surface area contributed by atoms with Crippen LogP contribution in [0.25, 0.3) is 0 Å². The Kier molecular flexibility index (Phi) is 4.70. The topological polar surface area (TPSA) is 87.9 Å². The van der Waals surface area contributed by atoms with Gasteiger partial charge >= 0.3 is 0 Å². The standard InChI is InChI=1S/C22H26N2O5S/c1-13-19-17(25)11-22(2,3)12-18(19)29-20(13)21(26)24-9-8-14-6-7-15(10-16(14)24)30(27,28)23(4)5/h6-7,10H,8-9,11-12H2,1-5H3. The zero-order chi connectivity index (χ0) is 22.0. The molecule has 0 saturated carbocycles. The largest absolute Gasteiger partial charge is 0.455 e. The number of anilines is 1. The molecule has 0 radical (unpaired) electrons. The van der Waals surface area contributed by atoms with Crippen molar-refractivity contribution >= 4 is 27.4 Å². The molecule has 1 amide bonds. The molecule has 160 valence electrons. The smallest absolute Gasteiger partial charge is 0.294 e. The van der Waals surface area contributed by atoms with E-state index in [1.807, 2.05) is 13.8 Å². The molecule has 0 saturated heterocycles. The summed E-state index contributed by atoms with van der Waals surface area (Å²) in [6.07, 6.45) is 1.66. The summed E-state index contributed by atoms with van der Waals surface area (Å²) in [6, 6.07) is 4.87. The molecule has 4 rings (SSSR count). The number of rotatable bonds is 3. The Morgan fingerprint density at radius 3 is 2.57 bits per heavy atom. The van der Waals surface area contributed by atoms with Gasteiger partial charge in [0.2, 0.25) is 10.0 Å². The molecule has 2 aromatic rings. The Morgan fingerprint density at radius 2 is 1.90 bits per heavy atom. The van der Waals surface area contributed by atoms with Crippen LogP contribution in [0.1, 0.15) is 58.1 Å². The van der Waals surface area contributed by atoms with Crippen LogP contribution in [0.4, 0.5) is 5.69 Å². The molecule has 1 aliphatic carbocycles. The van der Waals surface area contributed by atoms with Gasteiger partial charge in [-0.2, -0.15) is 0 Å². The third-order valence-corrected chi connectivity index (χ3v) is 7.76. The number of hydrogen-bond acceptors (Lipinski definition) is 5. The predicted octanol–water partition coefficient (Wildman–Crippen LogP) is 3.20. The second kappa shape index (κ2) is 6.78. The summed E-state index contributed by atoms with van der Waals surface area (Å²) in [5.41, 5.74) is 2.38. The molecule has 30 heavy (non-hydrogen) atoms. The van der Waals surface area contributed by atoms with E-state index < -0.39 is 10.0 Å². The van der Waals surface area contributed by atoms with Gasteiger partial charge in [-0.15, -0.1) is 0 Å². The van der Waals surface area contributed by atoms with Gasteiger partial charge < -0.3 is 9.32 Å². The van der Waals surface area contributed by atoms with E-state index >= 15 is 0 Å². The average Bonchev–Trinajstić information content (AvgIpc) is 3.20. The quantitative estimate of drug-likeness (QED) is 0.746. The summed E-state index contributed by atoms with van der Waals surface area (Å²) < 4.78 is 32.1. The second-order valence-corrected chi connectivity index (χ2v) is 11.2. The van der Waals surface area contributed by atoms with E-state index in [2.05, 4.69) is 0 Å². The maximum Gasteiger partial charge on any atom is 0.294 e. The first-order valence-electron chi connectivity index (χ1n) is 9.95. The first-order chi connectivity index (χ1) is 13.9. The zero-order valence-corrected chi connectivity index (χ0v) is 18.7. The lowest BCUT2D eigenvalue weighted by atomic mass is 9.76. The lowest BCUT2D eigenvalue weighted by Gasteiger charge is -2.27. The van der Waals surface area contributed by atoms with Crippen molar-refractivity contribution in [1.29, 1.82) is 0 Å². The van der Waals surface area contributed by atoms with Crippen molar-refractivity contribution < 1.29 is 22.4 Å². The van der Waals surface area contributed by atoms with E-state index in [0.717, 1.165) is 9.87 Å². The number of nitrogens with zero attached hydrogens (tertiary/aromatic N) is 2. The normalized spacial score (nSPS) is 17.9. The fourth-order valence-electron chi connectivity index (χ4n) is 4.35. The fraction of sp³-hybridized carbons (Fsp3) is 0.455. The number of sulfonamides is 1. The van der Waals surface area contributed by atoms with Crippen LogP contribution in [0.15, 0.2) is 27.5 Å². The minimum atomic E-state index is -3.62. The number of ketones is 1. The van der Waals surface area contributed by atoms with Crippen LogP contribution in [0, 0.1) is 12.3 Å². The van der Waals surface area contributed by atoms with Crippen molar-refractivity contribution in [2.75, 3.05) is 25.5 Å². The number of carbonyl (C=O) groups excluding carboxylic acids is 2. The molecule has 0 atom stereocenters. The highest BCUT2D eigenvalue weighted by molar-refractivity contribution is 7.89. The van der Waals surface area contributed by atoms with Crippen molar-refractivity contribution in [2.45, 2.75) is 44.9 Å². The maximum atomic E-state index is 13.4. The van der Waals surface area contributed by atoms with Gasteiger partial charge in [0.25, 0.3) is 5.91 Å². The molecule has 7 nitrogen and oxygen atoms in total. The number of benzene rings is 1. The molecule has 1 aromatic carbocycles. The molecule has 0 bridgehead atoms. The minimum Gasteiger partial charge on any atom is -0.455 e. The second-order valence-electron chi connectivity index (χ2n) is 9.08. The summed E-state index contributed by atoms with van der Waals surface area (Å²) in [6.45, 7) is 6.20. The van der Waals surface area contributed by atoms with Crippen LogP contribution >= 0.6 is 0 Å². The molecular weight excluding hydrogens is 404 g/mol. The van der Waals surface area contributed by atoms with Crippen molar-refractivity contribution in [1.82, 2.24) is 4.31 Å². The van der Waals surface area contributed by atoms with E-state index in [-0.39, 0.29) is 27.8 Å². The van der Waals surface area contributed by atoms with E-state index in [1.165, 1.54) is 14.1 Å². The lowest BCUT2D eigenvalue weighted by Crippen LogP contribution is -2.29. The number of amides is 1. The van der Waals surface area contributed by atoms with E-state index in [1.54, 1.807) is 30.0 Å². The summed E-state index contributed by atoms with van der Waals surface area (Å²) in [7, 11) is -0.670. The van der Waals surface area contributed by atoms with Crippen LogP contribution in [0.2, 0.25) is 0 Å². The van der Waals surface area contributed by atoms with E-state index in [0.29, 0.717) is 48.4 Å². The highest BCUT2D eigenvalue weighted by atomic mass is 32.2. The monoisotopic (exact) mass is 430 g/mol. The number of hydrogen-bond donors (Lipinski definition) is 0. The third-order valence-electron chi connectivity index (χ3n) is 5.95. The molecule has 0 N–H and O–H groups in total. The van der Waals surface area contributed by atoms with Crippen LogP contribution in [-0.4, -0.2) is 45.1 Å². The SMILES string of the molecule is Cc1c(C(=O)N2CCc3ccc(S(=O)(=O)N(C)C)cc32)oc2c1C(=O)CC(C)(C)C2. The van der Waals surface area contributed by atoms with Crippen LogP contribution in [0.3, 0.4) is 0 Å². The molecule has 8 heteroatoms. The number of fused-ring (bicyclic) bond motifs is 2. The summed E-state index contributed by atoms with van der Waals surface area (Å²) in [4.78, 5) is 27.7. The van der Waals surface area contributed by atoms with Gasteiger partial charge in [-0.1, -0.05) is 19.9 Å². The third kappa shape index (κ3) is 3.18. The first kappa shape index (κ1) is 20.8. The molecular formula is C22H26N2O5S. The first-order valence-corrected chi connectivity index (χ1v) is 11.4. The Hall–Kier alpha value is -2.45. The molecule has 0 unspecified atom stereocenters. The Morgan fingerprint density at radius 1 is 1.20 bits per heavy atom. The molecule has 1 aromatic heterocycles. The van der Waals surface area contributed by atoms with Gasteiger partial charge in [-0.25, -0.2) is 12.7 Å². The van der Waals surface area contributed by atoms with Gasteiger partial charge in [0.15, 0.2) is 11.5 Å². The van der Waals surface area contributed by atoms with Crippen LogP contribution in [0.5, 0.6) is 0 Å². The van der Waals surface area contributed by atoms with Crippen molar-refractivity contribution in [3.8, 4) is 0 Å². The van der Waals surface area contributed by atoms with Crippen LogP contribution < -0.4 is 4.90 Å². The molecule has 2 aliphatic rings. The summed E-state index contributed by atoms with van der Waals surface area (Å²) in [5, 5.41) is 0. The van der Waals surface area contributed by atoms with Gasteiger partial charge in [-0.3, -0.25) is 9.59 Å². The average molecular weight is 431 g/mol. The highest BCUT2D eigenvalue weighted by Gasteiger charge is 2.39. The van der Waals surface area contributed by atoms with Crippen molar-refractivity contribution in [3.05, 3.63) is 46.4 Å². The Balaban J connectivity index is 1.74. The molecule has 2 heterocycles. The molecule has 1 aliphatic heterocycles. The molecule has 0 spiro atoms.